The third-order valence-corrected chi connectivity index (χ3v) is 3.66. The molecule has 1 saturated heterocycles. The molecule has 0 N–H and O–H groups in total. The van der Waals surface area contributed by atoms with Crippen molar-refractivity contribution < 1.29 is 8.95 Å². The SMILES string of the molecule is CC(C)S(=O)N1C[C@@H](C)O[C@@H](C)C1. The fraction of sp³-hybridized carbons (Fsp3) is 1.00. The lowest BCUT2D eigenvalue weighted by atomic mass is 10.3. The molecule has 1 rings (SSSR count). The number of ether oxygens (including phenoxy) is 1. The number of morpholine rings is 1. The summed E-state index contributed by atoms with van der Waals surface area (Å²) in [4.78, 5) is 0. The van der Waals surface area contributed by atoms with Crippen LogP contribution in [0, 0.1) is 0 Å². The van der Waals surface area contributed by atoms with Gasteiger partial charge < -0.3 is 4.74 Å². The minimum atomic E-state index is -0.846. The van der Waals surface area contributed by atoms with Crippen LogP contribution in [0.4, 0.5) is 0 Å². The molecule has 1 unspecified atom stereocenters. The Labute approximate surface area is 83.0 Å². The van der Waals surface area contributed by atoms with Gasteiger partial charge in [0.05, 0.1) is 23.2 Å². The molecule has 0 aromatic carbocycles. The zero-order valence-electron chi connectivity index (χ0n) is 8.82. The molecule has 0 aromatic heterocycles. The van der Waals surface area contributed by atoms with Crippen LogP contribution in [-0.2, 0) is 15.7 Å². The largest absolute Gasteiger partial charge is 0.373 e. The Bertz CT molecular complexity index is 186. The van der Waals surface area contributed by atoms with Gasteiger partial charge in [0.25, 0.3) is 0 Å². The second kappa shape index (κ2) is 4.53. The third-order valence-electron chi connectivity index (χ3n) is 2.04. The van der Waals surface area contributed by atoms with Gasteiger partial charge in [-0.05, 0) is 27.7 Å². The maximum atomic E-state index is 11.8. The normalized spacial score (nSPS) is 33.6. The first-order chi connectivity index (χ1) is 6.00. The van der Waals surface area contributed by atoms with E-state index in [1.54, 1.807) is 0 Å². The van der Waals surface area contributed by atoms with E-state index in [0.29, 0.717) is 0 Å². The van der Waals surface area contributed by atoms with Gasteiger partial charge in [0.2, 0.25) is 0 Å². The Morgan fingerprint density at radius 2 is 1.77 bits per heavy atom. The average molecular weight is 205 g/mol. The van der Waals surface area contributed by atoms with Crippen LogP contribution in [0.25, 0.3) is 0 Å². The summed E-state index contributed by atoms with van der Waals surface area (Å²) in [6, 6.07) is 0. The monoisotopic (exact) mass is 205 g/mol. The van der Waals surface area contributed by atoms with Crippen LogP contribution in [0.1, 0.15) is 27.7 Å². The topological polar surface area (TPSA) is 29.5 Å². The molecule has 0 aliphatic carbocycles. The summed E-state index contributed by atoms with van der Waals surface area (Å²) in [6.07, 6.45) is 0.401. The maximum absolute atomic E-state index is 11.8. The Balaban J connectivity index is 2.55. The lowest BCUT2D eigenvalue weighted by Crippen LogP contribution is -2.47. The van der Waals surface area contributed by atoms with E-state index in [2.05, 4.69) is 0 Å². The van der Waals surface area contributed by atoms with E-state index in [1.807, 2.05) is 32.0 Å². The van der Waals surface area contributed by atoms with E-state index >= 15 is 0 Å². The summed E-state index contributed by atoms with van der Waals surface area (Å²) in [6.45, 7) is 9.60. The van der Waals surface area contributed by atoms with Gasteiger partial charge in [0, 0.05) is 18.3 Å². The molecule has 78 valence electrons. The molecular formula is C9H19NO2S. The second-order valence-corrected chi connectivity index (χ2v) is 5.94. The van der Waals surface area contributed by atoms with Gasteiger partial charge in [-0.1, -0.05) is 0 Å². The van der Waals surface area contributed by atoms with Crippen LogP contribution < -0.4 is 0 Å². The summed E-state index contributed by atoms with van der Waals surface area (Å²) in [5, 5.41) is 0.206. The lowest BCUT2D eigenvalue weighted by Gasteiger charge is -2.34. The Morgan fingerprint density at radius 1 is 1.31 bits per heavy atom. The van der Waals surface area contributed by atoms with Crippen molar-refractivity contribution in [1.82, 2.24) is 4.31 Å². The van der Waals surface area contributed by atoms with E-state index in [-0.39, 0.29) is 17.5 Å². The molecule has 0 amide bonds. The predicted molar refractivity (Wildman–Crippen MR) is 54.9 cm³/mol. The highest BCUT2D eigenvalue weighted by Gasteiger charge is 2.26. The summed E-state index contributed by atoms with van der Waals surface area (Å²) in [7, 11) is -0.846. The van der Waals surface area contributed by atoms with E-state index in [1.165, 1.54) is 0 Å². The number of hydrogen-bond donors (Lipinski definition) is 0. The lowest BCUT2D eigenvalue weighted by molar-refractivity contribution is -0.0429. The van der Waals surface area contributed by atoms with Gasteiger partial charge in [0.1, 0.15) is 0 Å². The van der Waals surface area contributed by atoms with Crippen molar-refractivity contribution in [3.05, 3.63) is 0 Å². The first kappa shape index (κ1) is 11.1. The first-order valence-electron chi connectivity index (χ1n) is 4.81. The summed E-state index contributed by atoms with van der Waals surface area (Å²) >= 11 is 0. The van der Waals surface area contributed by atoms with Crippen LogP contribution >= 0.6 is 0 Å². The van der Waals surface area contributed by atoms with Crippen LogP contribution in [0.15, 0.2) is 0 Å². The number of nitrogens with zero attached hydrogens (tertiary/aromatic N) is 1. The zero-order valence-corrected chi connectivity index (χ0v) is 9.63. The van der Waals surface area contributed by atoms with Crippen LogP contribution in [0.5, 0.6) is 0 Å². The van der Waals surface area contributed by atoms with E-state index in [9.17, 15) is 4.21 Å². The summed E-state index contributed by atoms with van der Waals surface area (Å²) in [5.74, 6) is 0. The van der Waals surface area contributed by atoms with E-state index < -0.39 is 11.0 Å². The smallest absolute Gasteiger partial charge is 0.0970 e. The molecule has 0 radical (unpaired) electrons. The fourth-order valence-electron chi connectivity index (χ4n) is 1.58. The van der Waals surface area contributed by atoms with Crippen molar-refractivity contribution in [2.24, 2.45) is 0 Å². The van der Waals surface area contributed by atoms with Crippen LogP contribution in [-0.4, -0.2) is 39.1 Å². The van der Waals surface area contributed by atoms with Crippen molar-refractivity contribution in [2.45, 2.75) is 45.2 Å². The summed E-state index contributed by atoms with van der Waals surface area (Å²) < 4.78 is 19.4. The highest BCUT2D eigenvalue weighted by atomic mass is 32.2. The number of hydrogen-bond acceptors (Lipinski definition) is 2. The van der Waals surface area contributed by atoms with Crippen molar-refractivity contribution in [2.75, 3.05) is 13.1 Å². The van der Waals surface area contributed by atoms with Crippen molar-refractivity contribution in [1.29, 1.82) is 0 Å². The van der Waals surface area contributed by atoms with Gasteiger partial charge in [-0.25, -0.2) is 8.51 Å². The van der Waals surface area contributed by atoms with E-state index in [0.717, 1.165) is 13.1 Å². The molecular weight excluding hydrogens is 186 g/mol. The van der Waals surface area contributed by atoms with Gasteiger partial charge in [-0.2, -0.15) is 0 Å². The first-order valence-corrected chi connectivity index (χ1v) is 5.98. The molecule has 1 aliphatic heterocycles. The van der Waals surface area contributed by atoms with Gasteiger partial charge >= 0.3 is 0 Å². The highest BCUT2D eigenvalue weighted by Crippen LogP contribution is 2.14. The average Bonchev–Trinajstić information content (AvgIpc) is 2.01. The molecule has 3 atom stereocenters. The van der Waals surface area contributed by atoms with Crippen LogP contribution in [0.2, 0.25) is 0 Å². The third kappa shape index (κ3) is 3.04. The van der Waals surface area contributed by atoms with Gasteiger partial charge in [-0.15, -0.1) is 0 Å². The molecule has 13 heavy (non-hydrogen) atoms. The molecule has 0 saturated carbocycles. The molecule has 0 spiro atoms. The van der Waals surface area contributed by atoms with Crippen LogP contribution in [0.3, 0.4) is 0 Å². The second-order valence-electron chi connectivity index (χ2n) is 3.93. The molecule has 0 bridgehead atoms. The molecule has 3 nitrogen and oxygen atoms in total. The van der Waals surface area contributed by atoms with Gasteiger partial charge in [0.15, 0.2) is 0 Å². The zero-order chi connectivity index (χ0) is 10.0. The molecule has 1 heterocycles. The van der Waals surface area contributed by atoms with E-state index in [4.69, 9.17) is 4.74 Å². The molecule has 1 fully saturated rings. The minimum absolute atomic E-state index is 0.200. The molecule has 0 aromatic rings. The Kier molecular flexibility index (Phi) is 3.88. The minimum Gasteiger partial charge on any atom is -0.373 e. The number of rotatable bonds is 2. The Morgan fingerprint density at radius 3 is 2.15 bits per heavy atom. The highest BCUT2D eigenvalue weighted by molar-refractivity contribution is 7.83. The quantitative estimate of drug-likeness (QED) is 0.677. The molecule has 4 heteroatoms. The summed E-state index contributed by atoms with van der Waals surface area (Å²) in [5.41, 5.74) is 0. The maximum Gasteiger partial charge on any atom is 0.0970 e. The standard InChI is InChI=1S/C9H19NO2S/c1-7(2)13(11)10-5-8(3)12-9(4)6-10/h7-9H,5-6H2,1-4H3/t8-,9+,13?. The molecule has 1 aliphatic rings. The Hall–Kier alpha value is 0.0700. The predicted octanol–water partition coefficient (Wildman–Crippen LogP) is 1.17. The van der Waals surface area contributed by atoms with Crippen molar-refractivity contribution in [3.63, 3.8) is 0 Å². The van der Waals surface area contributed by atoms with Crippen molar-refractivity contribution >= 4 is 11.0 Å². The van der Waals surface area contributed by atoms with Crippen molar-refractivity contribution in [3.8, 4) is 0 Å². The van der Waals surface area contributed by atoms with Gasteiger partial charge in [-0.3, -0.25) is 0 Å². The fourth-order valence-corrected chi connectivity index (χ4v) is 2.89.